The van der Waals surface area contributed by atoms with E-state index in [1.54, 1.807) is 0 Å². The Hall–Kier alpha value is -2.95. The monoisotopic (exact) mass is 427 g/mol. The smallest absolute Gasteiger partial charge is 0.232 e. The van der Waals surface area contributed by atoms with Gasteiger partial charge in [0.1, 0.15) is 0 Å². The highest BCUT2D eigenvalue weighted by Gasteiger charge is 2.23. The number of hydrogen-bond acceptors (Lipinski definition) is 3. The molecule has 4 nitrogen and oxygen atoms in total. The normalized spacial score (nSPS) is 15.1. The van der Waals surface area contributed by atoms with E-state index in [0.717, 1.165) is 50.4 Å². The van der Waals surface area contributed by atoms with Crippen molar-refractivity contribution in [2.45, 2.75) is 25.9 Å². The fourth-order valence-corrected chi connectivity index (χ4v) is 4.46. The van der Waals surface area contributed by atoms with Crippen molar-refractivity contribution in [2.24, 2.45) is 0 Å². The van der Waals surface area contributed by atoms with Crippen LogP contribution in [0.15, 0.2) is 84.9 Å². The van der Waals surface area contributed by atoms with Gasteiger partial charge in [0.15, 0.2) is 0 Å². The summed E-state index contributed by atoms with van der Waals surface area (Å²) >= 11 is 0. The van der Waals surface area contributed by atoms with E-state index >= 15 is 0 Å². The molecule has 166 valence electrons. The van der Waals surface area contributed by atoms with Crippen LogP contribution in [0.5, 0.6) is 0 Å². The highest BCUT2D eigenvalue weighted by molar-refractivity contribution is 5.87. The van der Waals surface area contributed by atoms with Gasteiger partial charge >= 0.3 is 0 Å². The Morgan fingerprint density at radius 3 is 1.81 bits per heavy atom. The predicted molar refractivity (Wildman–Crippen MR) is 130 cm³/mol. The van der Waals surface area contributed by atoms with E-state index in [1.165, 1.54) is 11.1 Å². The highest BCUT2D eigenvalue weighted by Crippen LogP contribution is 2.25. The van der Waals surface area contributed by atoms with Gasteiger partial charge in [-0.3, -0.25) is 9.69 Å². The van der Waals surface area contributed by atoms with E-state index in [9.17, 15) is 4.79 Å². The molecule has 1 aliphatic rings. The maximum absolute atomic E-state index is 13.4. The Bertz CT molecular complexity index is 942. The van der Waals surface area contributed by atoms with Crippen molar-refractivity contribution in [3.63, 3.8) is 0 Å². The molecule has 0 saturated carbocycles. The van der Waals surface area contributed by atoms with Crippen molar-refractivity contribution in [1.82, 2.24) is 15.1 Å². The van der Waals surface area contributed by atoms with Crippen LogP contribution in [0, 0.1) is 0 Å². The molecule has 0 aliphatic carbocycles. The van der Waals surface area contributed by atoms with Gasteiger partial charge in [-0.1, -0.05) is 91.9 Å². The number of benzene rings is 3. The molecule has 1 fully saturated rings. The molecule has 0 bridgehead atoms. The number of hydrogen-bond donors (Lipinski definition) is 1. The first-order chi connectivity index (χ1) is 15.7. The molecule has 4 heteroatoms. The maximum Gasteiger partial charge on any atom is 0.232 e. The number of rotatable bonds is 8. The third kappa shape index (κ3) is 5.64. The zero-order chi connectivity index (χ0) is 22.2. The van der Waals surface area contributed by atoms with Crippen LogP contribution in [0.3, 0.4) is 0 Å². The average Bonchev–Trinajstić information content (AvgIpc) is 2.85. The fraction of sp³-hybridized carbons (Fsp3) is 0.321. The molecule has 0 atom stereocenters. The van der Waals surface area contributed by atoms with E-state index in [4.69, 9.17) is 0 Å². The molecular formula is C28H33N3O. The zero-order valence-corrected chi connectivity index (χ0v) is 18.9. The average molecular weight is 428 g/mol. The molecule has 0 radical (unpaired) electrons. The molecule has 1 saturated heterocycles. The molecule has 1 aliphatic heterocycles. The lowest BCUT2D eigenvalue weighted by Gasteiger charge is -2.34. The van der Waals surface area contributed by atoms with Gasteiger partial charge in [-0.25, -0.2) is 0 Å². The Labute approximate surface area is 191 Å². The van der Waals surface area contributed by atoms with Crippen LogP contribution in [0.4, 0.5) is 0 Å². The molecule has 1 N–H and O–H groups in total. The van der Waals surface area contributed by atoms with Crippen LogP contribution in [0.2, 0.25) is 0 Å². The molecule has 0 unspecified atom stereocenters. The van der Waals surface area contributed by atoms with Crippen LogP contribution in [0.25, 0.3) is 0 Å². The van der Waals surface area contributed by atoms with Crippen molar-refractivity contribution in [3.05, 3.63) is 107 Å². The van der Waals surface area contributed by atoms with Crippen molar-refractivity contribution in [3.8, 4) is 0 Å². The summed E-state index contributed by atoms with van der Waals surface area (Å²) in [5.74, 6) is -0.277. The summed E-state index contributed by atoms with van der Waals surface area (Å²) in [4.78, 5) is 18.4. The van der Waals surface area contributed by atoms with Gasteiger partial charge in [0.25, 0.3) is 0 Å². The summed E-state index contributed by atoms with van der Waals surface area (Å²) in [6.07, 6.45) is 0. The summed E-state index contributed by atoms with van der Waals surface area (Å²) in [5.41, 5.74) is 4.52. The van der Waals surface area contributed by atoms with Crippen LogP contribution < -0.4 is 5.32 Å². The van der Waals surface area contributed by atoms with Crippen LogP contribution in [-0.4, -0.2) is 48.4 Å². The van der Waals surface area contributed by atoms with Crippen molar-refractivity contribution >= 4 is 5.91 Å². The number of likely N-dealkylation sites (N-methyl/N-ethyl adjacent to an activating group) is 1. The standard InChI is InChI=1S/C28H33N3O/c1-2-30-17-19-31(20-18-30)22-26-16-10-9-15-25(26)21-29-28(32)27(23-11-5-3-6-12-23)24-13-7-4-8-14-24/h3-16,27H,2,17-22H2,1H3,(H,29,32). The topological polar surface area (TPSA) is 35.6 Å². The highest BCUT2D eigenvalue weighted by atomic mass is 16.1. The molecule has 32 heavy (non-hydrogen) atoms. The summed E-state index contributed by atoms with van der Waals surface area (Å²) in [5, 5.41) is 3.22. The Morgan fingerprint density at radius 2 is 1.25 bits per heavy atom. The quantitative estimate of drug-likeness (QED) is 0.583. The summed E-state index contributed by atoms with van der Waals surface area (Å²) in [6.45, 7) is 9.28. The molecule has 3 aromatic carbocycles. The summed E-state index contributed by atoms with van der Waals surface area (Å²) in [7, 11) is 0. The first kappa shape index (κ1) is 22.3. The number of nitrogens with one attached hydrogen (secondary N) is 1. The molecule has 3 aromatic rings. The second kappa shape index (κ2) is 11.1. The van der Waals surface area contributed by atoms with E-state index in [-0.39, 0.29) is 11.8 Å². The Kier molecular flexibility index (Phi) is 7.70. The number of piperazine rings is 1. The van der Waals surface area contributed by atoms with Gasteiger partial charge in [-0.05, 0) is 28.8 Å². The SMILES string of the molecule is CCN1CCN(Cc2ccccc2CNC(=O)C(c2ccccc2)c2ccccc2)CC1. The Morgan fingerprint density at radius 1 is 0.750 bits per heavy atom. The number of carbonyl (C=O) groups is 1. The van der Waals surface area contributed by atoms with Crippen molar-refractivity contribution < 1.29 is 4.79 Å². The first-order valence-corrected chi connectivity index (χ1v) is 11.6. The van der Waals surface area contributed by atoms with Crippen LogP contribution >= 0.6 is 0 Å². The molecule has 4 rings (SSSR count). The molecular weight excluding hydrogens is 394 g/mol. The van der Waals surface area contributed by atoms with E-state index < -0.39 is 0 Å². The number of carbonyl (C=O) groups excluding carboxylic acids is 1. The zero-order valence-electron chi connectivity index (χ0n) is 18.9. The predicted octanol–water partition coefficient (Wildman–Crippen LogP) is 4.27. The minimum absolute atomic E-state index is 0.0359. The third-order valence-electron chi connectivity index (χ3n) is 6.41. The minimum atomic E-state index is -0.313. The largest absolute Gasteiger partial charge is 0.351 e. The fourth-order valence-electron chi connectivity index (χ4n) is 4.46. The van der Waals surface area contributed by atoms with Crippen LogP contribution in [0.1, 0.15) is 35.1 Å². The van der Waals surface area contributed by atoms with Gasteiger partial charge in [0, 0.05) is 39.3 Å². The van der Waals surface area contributed by atoms with Gasteiger partial charge in [0.05, 0.1) is 5.92 Å². The number of nitrogens with zero attached hydrogens (tertiary/aromatic N) is 2. The lowest BCUT2D eigenvalue weighted by atomic mass is 9.90. The lowest BCUT2D eigenvalue weighted by molar-refractivity contribution is -0.121. The van der Waals surface area contributed by atoms with Crippen LogP contribution in [-0.2, 0) is 17.9 Å². The van der Waals surface area contributed by atoms with E-state index in [1.807, 2.05) is 60.7 Å². The molecule has 1 heterocycles. The van der Waals surface area contributed by atoms with Gasteiger partial charge < -0.3 is 10.2 Å². The van der Waals surface area contributed by atoms with Gasteiger partial charge in [-0.15, -0.1) is 0 Å². The Balaban J connectivity index is 1.45. The molecule has 0 aromatic heterocycles. The van der Waals surface area contributed by atoms with Gasteiger partial charge in [0.2, 0.25) is 5.91 Å². The maximum atomic E-state index is 13.4. The first-order valence-electron chi connectivity index (χ1n) is 11.6. The van der Waals surface area contributed by atoms with E-state index in [2.05, 4.69) is 46.3 Å². The minimum Gasteiger partial charge on any atom is -0.351 e. The number of amides is 1. The molecule has 0 spiro atoms. The van der Waals surface area contributed by atoms with E-state index in [0.29, 0.717) is 6.54 Å². The van der Waals surface area contributed by atoms with Crippen molar-refractivity contribution in [1.29, 1.82) is 0 Å². The van der Waals surface area contributed by atoms with Gasteiger partial charge in [-0.2, -0.15) is 0 Å². The molecule has 1 amide bonds. The van der Waals surface area contributed by atoms with Crippen molar-refractivity contribution in [2.75, 3.05) is 32.7 Å². The second-order valence-electron chi connectivity index (χ2n) is 8.45. The summed E-state index contributed by atoms with van der Waals surface area (Å²) in [6, 6.07) is 28.5. The lowest BCUT2D eigenvalue weighted by Crippen LogP contribution is -2.45. The second-order valence-corrected chi connectivity index (χ2v) is 8.45. The summed E-state index contributed by atoms with van der Waals surface area (Å²) < 4.78 is 0. The third-order valence-corrected chi connectivity index (χ3v) is 6.41.